The Labute approximate surface area is 219 Å². The summed E-state index contributed by atoms with van der Waals surface area (Å²) in [6.45, 7) is 11.6. The zero-order chi connectivity index (χ0) is 26.0. The van der Waals surface area contributed by atoms with Gasteiger partial charge in [0.05, 0.1) is 16.6 Å². The standard InChI is InChI=1S/C27H31N3O4S2/c1-15-11-19(12-16(2)23(15)34-27(5,6)26(31)32)14-29-21(25-28-9-10-35-25)13-20-18(4)33-24(30-20)22-8-7-17(3)36-22/h7-12,21,29H,13-14H2,1-6H3,(H,31,32). The van der Waals surface area contributed by atoms with Crippen LogP contribution in [0.2, 0.25) is 0 Å². The number of rotatable bonds is 10. The summed E-state index contributed by atoms with van der Waals surface area (Å²) in [6.07, 6.45) is 2.47. The molecule has 190 valence electrons. The predicted molar refractivity (Wildman–Crippen MR) is 143 cm³/mol. The third-order valence-electron chi connectivity index (χ3n) is 5.94. The summed E-state index contributed by atoms with van der Waals surface area (Å²) in [5, 5.41) is 16.0. The number of nitrogens with zero attached hydrogens (tertiary/aromatic N) is 2. The highest BCUT2D eigenvalue weighted by Gasteiger charge is 2.30. The fraction of sp³-hybridized carbons (Fsp3) is 0.370. The van der Waals surface area contributed by atoms with Crippen molar-refractivity contribution >= 4 is 28.6 Å². The van der Waals surface area contributed by atoms with Gasteiger partial charge in [0.2, 0.25) is 5.89 Å². The highest BCUT2D eigenvalue weighted by Crippen LogP contribution is 2.32. The first-order valence-electron chi connectivity index (χ1n) is 11.7. The zero-order valence-corrected chi connectivity index (χ0v) is 23.0. The molecule has 36 heavy (non-hydrogen) atoms. The number of carbonyl (C=O) groups is 1. The van der Waals surface area contributed by atoms with Crippen molar-refractivity contribution in [1.82, 2.24) is 15.3 Å². The average Bonchev–Trinajstić information content (AvgIpc) is 3.55. The maximum absolute atomic E-state index is 11.5. The van der Waals surface area contributed by atoms with Crippen LogP contribution in [0.25, 0.3) is 10.8 Å². The second kappa shape index (κ2) is 10.5. The van der Waals surface area contributed by atoms with Crippen molar-refractivity contribution in [2.75, 3.05) is 0 Å². The van der Waals surface area contributed by atoms with Crippen LogP contribution in [0.4, 0.5) is 0 Å². The molecule has 0 bridgehead atoms. The molecule has 0 spiro atoms. The smallest absolute Gasteiger partial charge is 0.347 e. The van der Waals surface area contributed by atoms with E-state index in [1.54, 1.807) is 36.5 Å². The third kappa shape index (κ3) is 5.86. The highest BCUT2D eigenvalue weighted by atomic mass is 32.1. The van der Waals surface area contributed by atoms with Crippen LogP contribution in [-0.4, -0.2) is 26.6 Å². The molecule has 7 nitrogen and oxygen atoms in total. The molecule has 3 aromatic heterocycles. The molecule has 2 N–H and O–H groups in total. The first-order chi connectivity index (χ1) is 17.0. The van der Waals surface area contributed by atoms with Gasteiger partial charge in [0, 0.05) is 29.4 Å². The minimum absolute atomic E-state index is 0.0331. The van der Waals surface area contributed by atoms with Crippen molar-refractivity contribution in [2.45, 2.75) is 66.2 Å². The number of ether oxygens (including phenoxy) is 1. The number of aryl methyl sites for hydroxylation is 4. The van der Waals surface area contributed by atoms with Crippen LogP contribution in [0.15, 0.2) is 40.3 Å². The molecule has 0 amide bonds. The number of hydrogen-bond acceptors (Lipinski definition) is 8. The Balaban J connectivity index is 1.52. The largest absolute Gasteiger partial charge is 0.478 e. The molecule has 1 atom stereocenters. The monoisotopic (exact) mass is 525 g/mol. The lowest BCUT2D eigenvalue weighted by Gasteiger charge is -2.25. The van der Waals surface area contributed by atoms with Gasteiger partial charge in [-0.2, -0.15) is 0 Å². The molecule has 4 rings (SSSR count). The molecule has 0 aliphatic rings. The Morgan fingerprint density at radius 3 is 2.50 bits per heavy atom. The molecular formula is C27H31N3O4S2. The Morgan fingerprint density at radius 2 is 1.92 bits per heavy atom. The molecule has 0 saturated carbocycles. The van der Waals surface area contributed by atoms with Gasteiger partial charge in [0.15, 0.2) is 5.60 Å². The van der Waals surface area contributed by atoms with E-state index >= 15 is 0 Å². The lowest BCUT2D eigenvalue weighted by atomic mass is 10.0. The minimum Gasteiger partial charge on any atom is -0.478 e. The fourth-order valence-electron chi connectivity index (χ4n) is 3.96. The van der Waals surface area contributed by atoms with Crippen molar-refractivity contribution < 1.29 is 19.1 Å². The minimum atomic E-state index is -1.30. The van der Waals surface area contributed by atoms with Gasteiger partial charge in [0.25, 0.3) is 0 Å². The molecule has 0 aliphatic carbocycles. The molecule has 0 aliphatic heterocycles. The van der Waals surface area contributed by atoms with E-state index in [0.29, 0.717) is 24.6 Å². The summed E-state index contributed by atoms with van der Waals surface area (Å²) in [5.41, 5.74) is 2.49. The summed E-state index contributed by atoms with van der Waals surface area (Å²) in [5.74, 6) is 1.08. The lowest BCUT2D eigenvalue weighted by Crippen LogP contribution is -2.38. The van der Waals surface area contributed by atoms with E-state index in [1.807, 2.05) is 50.5 Å². The predicted octanol–water partition coefficient (Wildman–Crippen LogP) is 6.41. The van der Waals surface area contributed by atoms with E-state index in [1.165, 1.54) is 4.88 Å². The number of carboxylic acids is 1. The number of hydrogen-bond donors (Lipinski definition) is 2. The summed E-state index contributed by atoms with van der Waals surface area (Å²) < 4.78 is 11.8. The van der Waals surface area contributed by atoms with Gasteiger partial charge in [-0.3, -0.25) is 0 Å². The van der Waals surface area contributed by atoms with E-state index < -0.39 is 11.6 Å². The molecular weight excluding hydrogens is 494 g/mol. The quantitative estimate of drug-likeness (QED) is 0.247. The topological polar surface area (TPSA) is 97.5 Å². The van der Waals surface area contributed by atoms with Gasteiger partial charge in [-0.1, -0.05) is 12.1 Å². The van der Waals surface area contributed by atoms with E-state index in [-0.39, 0.29) is 6.04 Å². The highest BCUT2D eigenvalue weighted by molar-refractivity contribution is 7.15. The van der Waals surface area contributed by atoms with E-state index in [0.717, 1.165) is 38.0 Å². The van der Waals surface area contributed by atoms with Crippen molar-refractivity contribution in [3.05, 3.63) is 73.9 Å². The van der Waals surface area contributed by atoms with Crippen LogP contribution in [0.5, 0.6) is 5.75 Å². The number of thiazole rings is 1. The first kappa shape index (κ1) is 26.1. The maximum Gasteiger partial charge on any atom is 0.347 e. The second-order valence-electron chi connectivity index (χ2n) is 9.42. The Kier molecular flexibility index (Phi) is 7.63. The molecule has 0 fully saturated rings. The Hall–Kier alpha value is -3.01. The Morgan fingerprint density at radius 1 is 1.19 bits per heavy atom. The molecule has 1 aromatic carbocycles. The van der Waals surface area contributed by atoms with Crippen LogP contribution in [0.1, 0.15) is 57.9 Å². The van der Waals surface area contributed by atoms with Crippen LogP contribution in [-0.2, 0) is 17.8 Å². The molecule has 0 radical (unpaired) electrons. The van der Waals surface area contributed by atoms with Crippen LogP contribution in [0.3, 0.4) is 0 Å². The van der Waals surface area contributed by atoms with Crippen molar-refractivity contribution in [2.24, 2.45) is 0 Å². The number of oxazole rings is 1. The number of thiophene rings is 1. The molecule has 0 saturated heterocycles. The van der Waals surface area contributed by atoms with Gasteiger partial charge < -0.3 is 19.6 Å². The average molecular weight is 526 g/mol. The SMILES string of the molecule is Cc1ccc(-c2nc(CC(NCc3cc(C)c(OC(C)(C)C(=O)O)c(C)c3)c3nccs3)c(C)o2)s1. The van der Waals surface area contributed by atoms with Gasteiger partial charge in [-0.25, -0.2) is 14.8 Å². The van der Waals surface area contributed by atoms with Crippen molar-refractivity contribution in [3.63, 3.8) is 0 Å². The van der Waals surface area contributed by atoms with E-state index in [9.17, 15) is 9.90 Å². The number of benzene rings is 1. The van der Waals surface area contributed by atoms with E-state index in [4.69, 9.17) is 14.1 Å². The molecule has 3 heterocycles. The van der Waals surface area contributed by atoms with Crippen molar-refractivity contribution in [1.29, 1.82) is 0 Å². The fourth-order valence-corrected chi connectivity index (χ4v) is 5.47. The lowest BCUT2D eigenvalue weighted by molar-refractivity contribution is -0.152. The number of aromatic nitrogens is 2. The number of carboxylic acid groups (broad SMARTS) is 1. The number of nitrogens with one attached hydrogen (secondary N) is 1. The van der Waals surface area contributed by atoms with Gasteiger partial charge >= 0.3 is 5.97 Å². The maximum atomic E-state index is 11.5. The zero-order valence-electron chi connectivity index (χ0n) is 21.3. The number of aliphatic carboxylic acids is 1. The van der Waals surface area contributed by atoms with Crippen LogP contribution >= 0.6 is 22.7 Å². The van der Waals surface area contributed by atoms with Gasteiger partial charge in [-0.05, 0) is 70.4 Å². The molecule has 9 heteroatoms. The third-order valence-corrected chi connectivity index (χ3v) is 7.81. The summed E-state index contributed by atoms with van der Waals surface area (Å²) in [7, 11) is 0. The summed E-state index contributed by atoms with van der Waals surface area (Å²) >= 11 is 3.28. The van der Waals surface area contributed by atoms with Crippen LogP contribution < -0.4 is 10.1 Å². The van der Waals surface area contributed by atoms with E-state index in [2.05, 4.69) is 23.3 Å². The first-order valence-corrected chi connectivity index (χ1v) is 13.4. The van der Waals surface area contributed by atoms with Crippen LogP contribution in [0, 0.1) is 27.7 Å². The molecule has 4 aromatic rings. The Bertz CT molecular complexity index is 1330. The van der Waals surface area contributed by atoms with Gasteiger partial charge in [0.1, 0.15) is 16.5 Å². The normalized spacial score (nSPS) is 12.6. The van der Waals surface area contributed by atoms with Crippen molar-refractivity contribution in [3.8, 4) is 16.5 Å². The molecule has 1 unspecified atom stereocenters. The van der Waals surface area contributed by atoms with Gasteiger partial charge in [-0.15, -0.1) is 22.7 Å². The second-order valence-corrected chi connectivity index (χ2v) is 11.6. The summed E-state index contributed by atoms with van der Waals surface area (Å²) in [6, 6.07) is 8.15. The summed E-state index contributed by atoms with van der Waals surface area (Å²) in [4.78, 5) is 23.1.